The van der Waals surface area contributed by atoms with Crippen LogP contribution >= 0.6 is 11.6 Å². The van der Waals surface area contributed by atoms with Crippen LogP contribution < -0.4 is 5.14 Å². The van der Waals surface area contributed by atoms with Gasteiger partial charge in [-0.3, -0.25) is 4.79 Å². The van der Waals surface area contributed by atoms with Crippen molar-refractivity contribution in [3.63, 3.8) is 0 Å². The van der Waals surface area contributed by atoms with Crippen molar-refractivity contribution in [2.75, 3.05) is 13.1 Å². The summed E-state index contributed by atoms with van der Waals surface area (Å²) in [6, 6.07) is 3.09. The Morgan fingerprint density at radius 1 is 1.38 bits per heavy atom. The molecule has 0 radical (unpaired) electrons. The van der Waals surface area contributed by atoms with Gasteiger partial charge in [0.05, 0.1) is 5.02 Å². The lowest BCUT2D eigenvalue weighted by Crippen LogP contribution is -2.38. The zero-order chi connectivity index (χ0) is 16.4. The second-order valence-electron chi connectivity index (χ2n) is 4.12. The number of rotatable bonds is 4. The van der Waals surface area contributed by atoms with Crippen molar-refractivity contribution >= 4 is 27.5 Å². The Balaban J connectivity index is 3.19. The summed E-state index contributed by atoms with van der Waals surface area (Å²) in [6.45, 7) is -0.249. The van der Waals surface area contributed by atoms with Gasteiger partial charge in [-0.25, -0.2) is 13.6 Å². The summed E-state index contributed by atoms with van der Waals surface area (Å²) in [7, 11) is -4.18. The predicted molar refractivity (Wildman–Crippen MR) is 70.5 cm³/mol. The van der Waals surface area contributed by atoms with E-state index < -0.39 is 33.5 Å². The molecule has 0 aliphatic rings. The van der Waals surface area contributed by atoms with Gasteiger partial charge in [0, 0.05) is 12.1 Å². The number of carbonyl (C=O) groups is 1. The van der Waals surface area contributed by atoms with Crippen molar-refractivity contribution in [2.45, 2.75) is 18.0 Å². The van der Waals surface area contributed by atoms with Crippen LogP contribution in [-0.4, -0.2) is 38.5 Å². The number of amides is 1. The first-order valence-electron chi connectivity index (χ1n) is 5.64. The van der Waals surface area contributed by atoms with E-state index >= 15 is 0 Å². The standard InChI is InChI=1S/C11H12ClF3N2O3S/c1-2-17(6-11(13,14)15)10(18)7-3-4-8(12)9(5-7)21(16,19)20/h3-5H,2,6H2,1H3,(H2,16,19,20). The van der Waals surface area contributed by atoms with E-state index in [2.05, 4.69) is 0 Å². The van der Waals surface area contributed by atoms with E-state index in [-0.39, 0.29) is 17.1 Å². The van der Waals surface area contributed by atoms with E-state index in [0.29, 0.717) is 4.90 Å². The average molecular weight is 345 g/mol. The highest BCUT2D eigenvalue weighted by Crippen LogP contribution is 2.23. The fourth-order valence-corrected chi connectivity index (χ4v) is 2.65. The lowest BCUT2D eigenvalue weighted by molar-refractivity contribution is -0.140. The van der Waals surface area contributed by atoms with Crippen molar-refractivity contribution in [3.8, 4) is 0 Å². The molecule has 5 nitrogen and oxygen atoms in total. The maximum Gasteiger partial charge on any atom is 0.406 e. The first-order valence-corrected chi connectivity index (χ1v) is 7.56. The molecule has 0 fully saturated rings. The smallest absolute Gasteiger partial charge is 0.330 e. The van der Waals surface area contributed by atoms with E-state index in [1.165, 1.54) is 6.92 Å². The molecule has 0 bridgehead atoms. The fourth-order valence-electron chi connectivity index (χ4n) is 1.58. The van der Waals surface area contributed by atoms with Crippen LogP contribution in [-0.2, 0) is 10.0 Å². The Bertz CT molecular complexity index is 647. The first kappa shape index (κ1) is 17.7. The number of alkyl halides is 3. The first-order chi connectivity index (χ1) is 9.45. The number of hydrogen-bond donors (Lipinski definition) is 1. The van der Waals surface area contributed by atoms with Crippen LogP contribution in [0, 0.1) is 0 Å². The number of benzene rings is 1. The zero-order valence-electron chi connectivity index (χ0n) is 10.8. The second kappa shape index (κ2) is 6.20. The quantitative estimate of drug-likeness (QED) is 0.907. The molecule has 0 saturated carbocycles. The van der Waals surface area contributed by atoms with Gasteiger partial charge in [0.2, 0.25) is 10.0 Å². The average Bonchev–Trinajstić information content (AvgIpc) is 2.33. The van der Waals surface area contributed by atoms with Crippen LogP contribution in [0.15, 0.2) is 23.1 Å². The molecule has 1 aromatic carbocycles. The van der Waals surface area contributed by atoms with E-state index in [0.717, 1.165) is 18.2 Å². The molecule has 2 N–H and O–H groups in total. The summed E-state index contributed by atoms with van der Waals surface area (Å²) >= 11 is 5.64. The minimum Gasteiger partial charge on any atom is -0.330 e. The lowest BCUT2D eigenvalue weighted by atomic mass is 10.2. The highest BCUT2D eigenvalue weighted by atomic mass is 35.5. The molecule has 0 saturated heterocycles. The van der Waals surface area contributed by atoms with Gasteiger partial charge in [-0.15, -0.1) is 0 Å². The van der Waals surface area contributed by atoms with Crippen LogP contribution in [0.1, 0.15) is 17.3 Å². The van der Waals surface area contributed by atoms with Crippen LogP contribution in [0.25, 0.3) is 0 Å². The molecule has 1 amide bonds. The number of nitrogens with two attached hydrogens (primary N) is 1. The van der Waals surface area contributed by atoms with Crippen molar-refractivity contribution in [1.29, 1.82) is 0 Å². The van der Waals surface area contributed by atoms with E-state index in [1.807, 2.05) is 0 Å². The number of sulfonamides is 1. The normalized spacial score (nSPS) is 12.3. The third-order valence-electron chi connectivity index (χ3n) is 2.52. The van der Waals surface area contributed by atoms with Gasteiger partial charge in [0.15, 0.2) is 0 Å². The van der Waals surface area contributed by atoms with Crippen LogP contribution in [0.4, 0.5) is 13.2 Å². The van der Waals surface area contributed by atoms with Gasteiger partial charge >= 0.3 is 6.18 Å². The number of primary sulfonamides is 1. The molecule has 118 valence electrons. The maximum atomic E-state index is 12.4. The fraction of sp³-hybridized carbons (Fsp3) is 0.364. The minimum atomic E-state index is -4.55. The van der Waals surface area contributed by atoms with Gasteiger partial charge in [0.25, 0.3) is 5.91 Å². The maximum absolute atomic E-state index is 12.4. The molecule has 1 rings (SSSR count). The summed E-state index contributed by atoms with van der Waals surface area (Å²) in [5.41, 5.74) is -0.241. The second-order valence-corrected chi connectivity index (χ2v) is 6.06. The number of nitrogens with zero attached hydrogens (tertiary/aromatic N) is 1. The van der Waals surface area contributed by atoms with Gasteiger partial charge in [-0.05, 0) is 25.1 Å². The van der Waals surface area contributed by atoms with Gasteiger partial charge in [-0.2, -0.15) is 13.2 Å². The molecule has 0 unspecified atom stereocenters. The Kier molecular flexibility index (Phi) is 5.24. The Morgan fingerprint density at radius 3 is 2.38 bits per heavy atom. The Labute approximate surface area is 124 Å². The lowest BCUT2D eigenvalue weighted by Gasteiger charge is -2.22. The molecule has 0 aliphatic heterocycles. The third-order valence-corrected chi connectivity index (χ3v) is 3.92. The van der Waals surface area contributed by atoms with Crippen LogP contribution in [0.5, 0.6) is 0 Å². The molecule has 0 aromatic heterocycles. The SMILES string of the molecule is CCN(CC(F)(F)F)C(=O)c1ccc(Cl)c(S(N)(=O)=O)c1. The van der Waals surface area contributed by atoms with Gasteiger partial charge in [0.1, 0.15) is 11.4 Å². The van der Waals surface area contributed by atoms with Crippen LogP contribution in [0.2, 0.25) is 5.02 Å². The molecule has 0 atom stereocenters. The Hall–Kier alpha value is -1.32. The van der Waals surface area contributed by atoms with E-state index in [9.17, 15) is 26.4 Å². The van der Waals surface area contributed by atoms with Crippen molar-refractivity contribution in [2.24, 2.45) is 5.14 Å². The summed E-state index contributed by atoms with van der Waals surface area (Å²) in [5, 5.41) is 4.70. The predicted octanol–water partition coefficient (Wildman–Crippen LogP) is 2.01. The molecule has 10 heteroatoms. The highest BCUT2D eigenvalue weighted by molar-refractivity contribution is 7.89. The highest BCUT2D eigenvalue weighted by Gasteiger charge is 2.33. The summed E-state index contributed by atoms with van der Waals surface area (Å²) in [6.07, 6.45) is -4.55. The topological polar surface area (TPSA) is 80.5 Å². The van der Waals surface area contributed by atoms with Gasteiger partial charge in [-0.1, -0.05) is 11.6 Å². The number of halogens is 4. The monoisotopic (exact) mass is 344 g/mol. The molecule has 0 heterocycles. The van der Waals surface area contributed by atoms with E-state index in [4.69, 9.17) is 16.7 Å². The molecule has 1 aromatic rings. The van der Waals surface area contributed by atoms with Crippen LogP contribution in [0.3, 0.4) is 0 Å². The number of hydrogen-bond acceptors (Lipinski definition) is 3. The zero-order valence-corrected chi connectivity index (χ0v) is 12.4. The number of carbonyl (C=O) groups excluding carboxylic acids is 1. The Morgan fingerprint density at radius 2 is 1.95 bits per heavy atom. The van der Waals surface area contributed by atoms with Crippen molar-refractivity contribution < 1.29 is 26.4 Å². The molecule has 21 heavy (non-hydrogen) atoms. The third kappa shape index (κ3) is 4.87. The minimum absolute atomic E-state index is 0.189. The van der Waals surface area contributed by atoms with Crippen molar-refractivity contribution in [3.05, 3.63) is 28.8 Å². The molecular weight excluding hydrogens is 333 g/mol. The summed E-state index contributed by atoms with van der Waals surface area (Å²) in [4.78, 5) is 12.0. The molecular formula is C11H12ClF3N2O3S. The molecule has 0 spiro atoms. The summed E-state index contributed by atoms with van der Waals surface area (Å²) in [5.74, 6) is -0.962. The summed E-state index contributed by atoms with van der Waals surface area (Å²) < 4.78 is 59.7. The van der Waals surface area contributed by atoms with Gasteiger partial charge < -0.3 is 4.90 Å². The van der Waals surface area contributed by atoms with Crippen molar-refractivity contribution in [1.82, 2.24) is 4.90 Å². The largest absolute Gasteiger partial charge is 0.406 e. The van der Waals surface area contributed by atoms with E-state index in [1.54, 1.807) is 0 Å². The molecule has 0 aliphatic carbocycles.